The molecule has 0 spiro atoms. The average Bonchev–Trinajstić information content (AvgIpc) is 3.07. The van der Waals surface area contributed by atoms with Crippen LogP contribution in [0.25, 0.3) is 0 Å². The highest BCUT2D eigenvalue weighted by Gasteiger charge is 2.29. The molecule has 1 aromatic heterocycles. The van der Waals surface area contributed by atoms with E-state index in [4.69, 9.17) is 9.15 Å². The molecule has 22 heavy (non-hydrogen) atoms. The SMILES string of the molecule is CCC(OC1CCCCC1)C(=O)NCC(C)(O)c1ccco1. The van der Waals surface area contributed by atoms with Gasteiger partial charge in [-0.3, -0.25) is 4.79 Å². The summed E-state index contributed by atoms with van der Waals surface area (Å²) in [5.41, 5.74) is -1.22. The summed E-state index contributed by atoms with van der Waals surface area (Å²) in [6.07, 6.45) is 7.56. The van der Waals surface area contributed by atoms with E-state index in [0.29, 0.717) is 12.2 Å². The fraction of sp³-hybridized carbons (Fsp3) is 0.706. The van der Waals surface area contributed by atoms with Gasteiger partial charge in [0, 0.05) is 0 Å². The Kier molecular flexibility index (Phi) is 6.03. The largest absolute Gasteiger partial charge is 0.466 e. The summed E-state index contributed by atoms with van der Waals surface area (Å²) in [7, 11) is 0. The molecule has 1 amide bonds. The fourth-order valence-corrected chi connectivity index (χ4v) is 2.82. The lowest BCUT2D eigenvalue weighted by molar-refractivity contribution is -0.139. The molecule has 1 saturated carbocycles. The summed E-state index contributed by atoms with van der Waals surface area (Å²) < 4.78 is 11.1. The van der Waals surface area contributed by atoms with Gasteiger partial charge in [0.15, 0.2) is 0 Å². The number of furan rings is 1. The Morgan fingerprint density at radius 2 is 2.23 bits per heavy atom. The van der Waals surface area contributed by atoms with E-state index in [1.165, 1.54) is 25.5 Å². The Labute approximate surface area is 132 Å². The second-order valence-corrected chi connectivity index (χ2v) is 6.26. The Morgan fingerprint density at radius 1 is 1.50 bits per heavy atom. The van der Waals surface area contributed by atoms with Crippen LogP contribution in [-0.2, 0) is 15.1 Å². The average molecular weight is 309 g/mol. The van der Waals surface area contributed by atoms with E-state index in [1.807, 2.05) is 6.92 Å². The maximum atomic E-state index is 12.3. The van der Waals surface area contributed by atoms with Crippen molar-refractivity contribution < 1.29 is 19.1 Å². The third kappa shape index (κ3) is 4.58. The first kappa shape index (κ1) is 17.0. The molecule has 2 rings (SSSR count). The minimum atomic E-state index is -1.22. The van der Waals surface area contributed by atoms with Gasteiger partial charge >= 0.3 is 0 Å². The number of hydrogen-bond donors (Lipinski definition) is 2. The zero-order valence-corrected chi connectivity index (χ0v) is 13.5. The van der Waals surface area contributed by atoms with Crippen molar-refractivity contribution in [3.8, 4) is 0 Å². The zero-order chi connectivity index (χ0) is 16.0. The van der Waals surface area contributed by atoms with Crippen molar-refractivity contribution >= 4 is 5.91 Å². The first-order valence-corrected chi connectivity index (χ1v) is 8.22. The Morgan fingerprint density at radius 3 is 2.82 bits per heavy atom. The van der Waals surface area contributed by atoms with Crippen molar-refractivity contribution in [1.29, 1.82) is 0 Å². The van der Waals surface area contributed by atoms with E-state index in [9.17, 15) is 9.90 Å². The molecule has 0 aromatic carbocycles. The van der Waals surface area contributed by atoms with E-state index in [1.54, 1.807) is 19.1 Å². The number of ether oxygens (including phenoxy) is 1. The molecular weight excluding hydrogens is 282 g/mol. The maximum Gasteiger partial charge on any atom is 0.249 e. The number of carbonyl (C=O) groups is 1. The van der Waals surface area contributed by atoms with Gasteiger partial charge in [-0.15, -0.1) is 0 Å². The van der Waals surface area contributed by atoms with Crippen molar-refractivity contribution in [2.75, 3.05) is 6.54 Å². The molecular formula is C17H27NO4. The predicted octanol–water partition coefficient (Wildman–Crippen LogP) is 2.73. The Hall–Kier alpha value is -1.33. The van der Waals surface area contributed by atoms with Crippen LogP contribution in [0.3, 0.4) is 0 Å². The lowest BCUT2D eigenvalue weighted by Crippen LogP contribution is -2.44. The molecule has 1 heterocycles. The second kappa shape index (κ2) is 7.79. The minimum absolute atomic E-state index is 0.101. The molecule has 0 saturated heterocycles. The third-order valence-corrected chi connectivity index (χ3v) is 4.23. The van der Waals surface area contributed by atoms with Crippen LogP contribution in [0.5, 0.6) is 0 Å². The quantitative estimate of drug-likeness (QED) is 0.812. The van der Waals surface area contributed by atoms with Gasteiger partial charge in [-0.05, 0) is 38.3 Å². The number of aliphatic hydroxyl groups is 1. The number of hydrogen-bond acceptors (Lipinski definition) is 4. The van der Waals surface area contributed by atoms with E-state index in [2.05, 4.69) is 5.32 Å². The summed E-state index contributed by atoms with van der Waals surface area (Å²) in [4.78, 5) is 12.3. The molecule has 1 aliphatic carbocycles. The molecule has 1 aromatic rings. The van der Waals surface area contributed by atoms with Gasteiger partial charge < -0.3 is 19.6 Å². The van der Waals surface area contributed by atoms with E-state index < -0.39 is 11.7 Å². The maximum absolute atomic E-state index is 12.3. The highest BCUT2D eigenvalue weighted by atomic mass is 16.5. The van der Waals surface area contributed by atoms with Crippen molar-refractivity contribution in [3.05, 3.63) is 24.2 Å². The van der Waals surface area contributed by atoms with Crippen LogP contribution < -0.4 is 5.32 Å². The molecule has 1 aliphatic rings. The monoisotopic (exact) mass is 309 g/mol. The van der Waals surface area contributed by atoms with Crippen LogP contribution in [0.1, 0.15) is 58.1 Å². The first-order chi connectivity index (χ1) is 10.5. The fourth-order valence-electron chi connectivity index (χ4n) is 2.82. The van der Waals surface area contributed by atoms with Crippen molar-refractivity contribution in [2.45, 2.75) is 70.2 Å². The van der Waals surface area contributed by atoms with Crippen molar-refractivity contribution in [3.63, 3.8) is 0 Å². The second-order valence-electron chi connectivity index (χ2n) is 6.26. The summed E-state index contributed by atoms with van der Waals surface area (Å²) in [5.74, 6) is 0.272. The highest BCUT2D eigenvalue weighted by molar-refractivity contribution is 5.80. The van der Waals surface area contributed by atoms with Crippen molar-refractivity contribution in [1.82, 2.24) is 5.32 Å². The Bertz CT molecular complexity index is 449. The molecule has 2 unspecified atom stereocenters. The molecule has 124 valence electrons. The topological polar surface area (TPSA) is 71.7 Å². The number of nitrogens with one attached hydrogen (secondary N) is 1. The van der Waals surface area contributed by atoms with E-state index in [0.717, 1.165) is 12.8 Å². The molecule has 0 aliphatic heterocycles. The van der Waals surface area contributed by atoms with Gasteiger partial charge in [0.25, 0.3) is 0 Å². The molecule has 2 atom stereocenters. The summed E-state index contributed by atoms with van der Waals surface area (Å²) in [6.45, 7) is 3.66. The van der Waals surface area contributed by atoms with Crippen LogP contribution in [0, 0.1) is 0 Å². The number of amides is 1. The van der Waals surface area contributed by atoms with E-state index >= 15 is 0 Å². The molecule has 2 N–H and O–H groups in total. The van der Waals surface area contributed by atoms with Crippen LogP contribution in [0.15, 0.2) is 22.8 Å². The van der Waals surface area contributed by atoms with Gasteiger partial charge in [0.2, 0.25) is 5.91 Å². The molecule has 0 bridgehead atoms. The number of rotatable bonds is 7. The summed E-state index contributed by atoms with van der Waals surface area (Å²) >= 11 is 0. The van der Waals surface area contributed by atoms with Crippen LogP contribution >= 0.6 is 0 Å². The molecule has 5 nitrogen and oxygen atoms in total. The predicted molar refractivity (Wildman–Crippen MR) is 83.3 cm³/mol. The van der Waals surface area contributed by atoms with E-state index in [-0.39, 0.29) is 18.6 Å². The van der Waals surface area contributed by atoms with Crippen LogP contribution in [-0.4, -0.2) is 29.8 Å². The highest BCUT2D eigenvalue weighted by Crippen LogP contribution is 2.23. The lowest BCUT2D eigenvalue weighted by atomic mass is 9.97. The lowest BCUT2D eigenvalue weighted by Gasteiger charge is -2.27. The molecule has 5 heteroatoms. The summed E-state index contributed by atoms with van der Waals surface area (Å²) in [5, 5.41) is 13.1. The Balaban J connectivity index is 1.83. The third-order valence-electron chi connectivity index (χ3n) is 4.23. The van der Waals surface area contributed by atoms with Gasteiger partial charge in [-0.25, -0.2) is 0 Å². The molecule has 1 fully saturated rings. The number of carbonyl (C=O) groups excluding carboxylic acids is 1. The van der Waals surface area contributed by atoms with Gasteiger partial charge in [-0.2, -0.15) is 0 Å². The van der Waals surface area contributed by atoms with Crippen LogP contribution in [0.4, 0.5) is 0 Å². The summed E-state index contributed by atoms with van der Waals surface area (Å²) in [6, 6.07) is 3.41. The smallest absolute Gasteiger partial charge is 0.249 e. The van der Waals surface area contributed by atoms with Gasteiger partial charge in [0.1, 0.15) is 17.5 Å². The minimum Gasteiger partial charge on any atom is -0.466 e. The molecule has 0 radical (unpaired) electrons. The van der Waals surface area contributed by atoms with Gasteiger partial charge in [0.05, 0.1) is 18.9 Å². The van der Waals surface area contributed by atoms with Crippen molar-refractivity contribution in [2.24, 2.45) is 0 Å². The zero-order valence-electron chi connectivity index (χ0n) is 13.5. The van der Waals surface area contributed by atoms with Crippen LogP contribution in [0.2, 0.25) is 0 Å². The first-order valence-electron chi connectivity index (χ1n) is 8.22. The van der Waals surface area contributed by atoms with Gasteiger partial charge in [-0.1, -0.05) is 26.2 Å². The standard InChI is InChI=1S/C17H27NO4/c1-3-14(22-13-8-5-4-6-9-13)16(19)18-12-17(2,20)15-10-7-11-21-15/h7,10-11,13-14,20H,3-6,8-9,12H2,1-2H3,(H,18,19). The normalized spacial score (nSPS) is 20.3.